The van der Waals surface area contributed by atoms with Gasteiger partial charge in [0.05, 0.1) is 18.3 Å². The van der Waals surface area contributed by atoms with Crippen LogP contribution in [-0.2, 0) is 12.7 Å². The van der Waals surface area contributed by atoms with Gasteiger partial charge < -0.3 is 0 Å². The molecule has 0 amide bonds. The molecule has 1 heterocycles. The van der Waals surface area contributed by atoms with Crippen molar-refractivity contribution in [3.63, 3.8) is 0 Å². The lowest BCUT2D eigenvalue weighted by Crippen LogP contribution is -2.07. The molecule has 0 spiro atoms. The fourth-order valence-electron chi connectivity index (χ4n) is 2.15. The van der Waals surface area contributed by atoms with Crippen molar-refractivity contribution in [1.29, 1.82) is 0 Å². The SMILES string of the molecule is FC(F)(F)c1cccc(Cn2cc(-c3ccccc3)nn2)c1. The monoisotopic (exact) mass is 303 g/mol. The summed E-state index contributed by atoms with van der Waals surface area (Å²) >= 11 is 0. The molecule has 3 rings (SSSR count). The molecule has 0 saturated heterocycles. The second kappa shape index (κ2) is 5.63. The maximum atomic E-state index is 12.7. The van der Waals surface area contributed by atoms with E-state index in [0.29, 0.717) is 11.3 Å². The van der Waals surface area contributed by atoms with Crippen molar-refractivity contribution in [3.8, 4) is 11.3 Å². The van der Waals surface area contributed by atoms with Gasteiger partial charge in [-0.1, -0.05) is 47.7 Å². The molecule has 2 aromatic carbocycles. The zero-order chi connectivity index (χ0) is 15.6. The van der Waals surface area contributed by atoms with Gasteiger partial charge in [-0.3, -0.25) is 0 Å². The molecule has 0 aliphatic heterocycles. The highest BCUT2D eigenvalue weighted by atomic mass is 19.4. The average Bonchev–Trinajstić information content (AvgIpc) is 2.96. The summed E-state index contributed by atoms with van der Waals surface area (Å²) in [6.45, 7) is 0.240. The minimum Gasteiger partial charge on any atom is -0.247 e. The van der Waals surface area contributed by atoms with E-state index in [9.17, 15) is 13.2 Å². The van der Waals surface area contributed by atoms with Gasteiger partial charge in [0, 0.05) is 5.56 Å². The largest absolute Gasteiger partial charge is 0.416 e. The smallest absolute Gasteiger partial charge is 0.247 e. The Kier molecular flexibility index (Phi) is 3.66. The Bertz CT molecular complexity index is 764. The number of hydrogen-bond acceptors (Lipinski definition) is 2. The van der Waals surface area contributed by atoms with E-state index in [0.717, 1.165) is 17.7 Å². The van der Waals surface area contributed by atoms with Gasteiger partial charge >= 0.3 is 6.18 Å². The number of rotatable bonds is 3. The molecule has 0 radical (unpaired) electrons. The molecule has 3 aromatic rings. The van der Waals surface area contributed by atoms with Gasteiger partial charge in [0.25, 0.3) is 0 Å². The Morgan fingerprint density at radius 2 is 1.73 bits per heavy atom. The molecular formula is C16H12F3N3. The van der Waals surface area contributed by atoms with Crippen molar-refractivity contribution >= 4 is 0 Å². The molecule has 3 nitrogen and oxygen atoms in total. The fourth-order valence-corrected chi connectivity index (χ4v) is 2.15. The molecule has 0 bridgehead atoms. The van der Waals surface area contributed by atoms with Crippen molar-refractivity contribution in [3.05, 3.63) is 71.9 Å². The van der Waals surface area contributed by atoms with E-state index >= 15 is 0 Å². The van der Waals surface area contributed by atoms with Crippen LogP contribution in [0.2, 0.25) is 0 Å². The third-order valence-corrected chi connectivity index (χ3v) is 3.21. The van der Waals surface area contributed by atoms with Gasteiger partial charge in [0.2, 0.25) is 0 Å². The van der Waals surface area contributed by atoms with Crippen LogP contribution in [0.4, 0.5) is 13.2 Å². The summed E-state index contributed by atoms with van der Waals surface area (Å²) in [5.41, 5.74) is 1.47. The molecule has 22 heavy (non-hydrogen) atoms. The van der Waals surface area contributed by atoms with Crippen molar-refractivity contribution in [2.24, 2.45) is 0 Å². The van der Waals surface area contributed by atoms with Gasteiger partial charge in [-0.25, -0.2) is 4.68 Å². The molecule has 0 aliphatic carbocycles. The molecular weight excluding hydrogens is 291 g/mol. The first-order chi connectivity index (χ1) is 10.5. The van der Waals surface area contributed by atoms with E-state index in [4.69, 9.17) is 0 Å². The molecule has 0 saturated carbocycles. The van der Waals surface area contributed by atoms with E-state index < -0.39 is 11.7 Å². The minimum atomic E-state index is -4.34. The van der Waals surface area contributed by atoms with Gasteiger partial charge in [0.1, 0.15) is 5.69 Å². The topological polar surface area (TPSA) is 30.7 Å². The summed E-state index contributed by atoms with van der Waals surface area (Å²) < 4.78 is 39.6. The van der Waals surface area contributed by atoms with Gasteiger partial charge in [-0.2, -0.15) is 13.2 Å². The predicted molar refractivity (Wildman–Crippen MR) is 76.0 cm³/mol. The highest BCUT2D eigenvalue weighted by Gasteiger charge is 2.30. The lowest BCUT2D eigenvalue weighted by Gasteiger charge is -2.08. The van der Waals surface area contributed by atoms with Gasteiger partial charge in [-0.15, -0.1) is 5.10 Å². The first-order valence-corrected chi connectivity index (χ1v) is 6.64. The quantitative estimate of drug-likeness (QED) is 0.732. The third kappa shape index (κ3) is 3.16. The molecule has 1 aromatic heterocycles. The summed E-state index contributed by atoms with van der Waals surface area (Å²) in [4.78, 5) is 0. The van der Waals surface area contributed by atoms with Crippen LogP contribution in [0.1, 0.15) is 11.1 Å². The van der Waals surface area contributed by atoms with E-state index in [1.807, 2.05) is 30.3 Å². The maximum Gasteiger partial charge on any atom is 0.416 e. The summed E-state index contributed by atoms with van der Waals surface area (Å²) in [7, 11) is 0. The van der Waals surface area contributed by atoms with Crippen molar-refractivity contribution < 1.29 is 13.2 Å². The Hall–Kier alpha value is -2.63. The van der Waals surface area contributed by atoms with Crippen LogP contribution in [0.25, 0.3) is 11.3 Å². The first kappa shape index (κ1) is 14.3. The first-order valence-electron chi connectivity index (χ1n) is 6.64. The van der Waals surface area contributed by atoms with Crippen LogP contribution in [-0.4, -0.2) is 15.0 Å². The molecule has 0 unspecified atom stereocenters. The summed E-state index contributed by atoms with van der Waals surface area (Å²) in [5, 5.41) is 8.01. The molecule has 0 atom stereocenters. The van der Waals surface area contributed by atoms with E-state index in [1.54, 1.807) is 12.3 Å². The minimum absolute atomic E-state index is 0.240. The van der Waals surface area contributed by atoms with E-state index in [-0.39, 0.29) is 6.54 Å². The summed E-state index contributed by atoms with van der Waals surface area (Å²) in [5.74, 6) is 0. The number of hydrogen-bond donors (Lipinski definition) is 0. The molecule has 0 N–H and O–H groups in total. The van der Waals surface area contributed by atoms with Crippen LogP contribution < -0.4 is 0 Å². The maximum absolute atomic E-state index is 12.7. The molecule has 0 aliphatic rings. The second-order valence-electron chi connectivity index (χ2n) is 4.87. The Labute approximate surface area is 125 Å². The van der Waals surface area contributed by atoms with Crippen LogP contribution in [0.5, 0.6) is 0 Å². The number of nitrogens with zero attached hydrogens (tertiary/aromatic N) is 3. The van der Waals surface area contributed by atoms with Crippen molar-refractivity contribution in [1.82, 2.24) is 15.0 Å². The molecule has 6 heteroatoms. The molecule has 112 valence electrons. The highest BCUT2D eigenvalue weighted by Crippen LogP contribution is 2.29. The fraction of sp³-hybridized carbons (Fsp3) is 0.125. The van der Waals surface area contributed by atoms with Crippen molar-refractivity contribution in [2.75, 3.05) is 0 Å². The Morgan fingerprint density at radius 3 is 2.45 bits per heavy atom. The summed E-state index contributed by atoms with van der Waals surface area (Å²) in [6, 6.07) is 14.7. The standard InChI is InChI=1S/C16H12F3N3/c17-16(18,19)14-8-4-5-12(9-14)10-22-11-15(20-21-22)13-6-2-1-3-7-13/h1-9,11H,10H2. The number of benzene rings is 2. The molecule has 0 fully saturated rings. The third-order valence-electron chi connectivity index (χ3n) is 3.21. The van der Waals surface area contributed by atoms with Crippen molar-refractivity contribution in [2.45, 2.75) is 12.7 Å². The lowest BCUT2D eigenvalue weighted by molar-refractivity contribution is -0.137. The van der Waals surface area contributed by atoms with Gasteiger partial charge in [0.15, 0.2) is 0 Å². The number of aromatic nitrogens is 3. The normalized spacial score (nSPS) is 11.6. The zero-order valence-electron chi connectivity index (χ0n) is 11.5. The van der Waals surface area contributed by atoms with Crippen LogP contribution in [0.15, 0.2) is 60.8 Å². The Morgan fingerprint density at radius 1 is 0.955 bits per heavy atom. The van der Waals surface area contributed by atoms with Crippen LogP contribution in [0.3, 0.4) is 0 Å². The summed E-state index contributed by atoms with van der Waals surface area (Å²) in [6.07, 6.45) is -2.62. The Balaban J connectivity index is 1.81. The predicted octanol–water partition coefficient (Wildman–Crippen LogP) is 4.01. The van der Waals surface area contributed by atoms with E-state index in [2.05, 4.69) is 10.3 Å². The second-order valence-corrected chi connectivity index (χ2v) is 4.87. The van der Waals surface area contributed by atoms with Crippen LogP contribution >= 0.6 is 0 Å². The lowest BCUT2D eigenvalue weighted by atomic mass is 10.1. The zero-order valence-corrected chi connectivity index (χ0v) is 11.5. The average molecular weight is 303 g/mol. The van der Waals surface area contributed by atoms with E-state index in [1.165, 1.54) is 10.7 Å². The van der Waals surface area contributed by atoms with Gasteiger partial charge in [-0.05, 0) is 17.7 Å². The highest BCUT2D eigenvalue weighted by molar-refractivity contribution is 5.57. The van der Waals surface area contributed by atoms with Crippen LogP contribution in [0, 0.1) is 0 Å². The number of halogens is 3. The number of alkyl halides is 3.